The van der Waals surface area contributed by atoms with E-state index in [1.165, 1.54) is 24.4 Å². The second kappa shape index (κ2) is 7.59. The minimum absolute atomic E-state index is 0.00314. The molecule has 0 spiro atoms. The van der Waals surface area contributed by atoms with Gasteiger partial charge in [0.1, 0.15) is 5.75 Å². The number of aromatic nitrogens is 2. The molecule has 0 atom stereocenters. The number of aryl methyl sites for hydroxylation is 1. The van der Waals surface area contributed by atoms with E-state index in [2.05, 4.69) is 9.71 Å². The van der Waals surface area contributed by atoms with Gasteiger partial charge in [0.2, 0.25) is 5.88 Å². The lowest BCUT2D eigenvalue weighted by Gasteiger charge is -2.10. The molecular weight excluding hydrogens is 433 g/mol. The summed E-state index contributed by atoms with van der Waals surface area (Å²) in [6.07, 6.45) is 3.35. The molecule has 2 aromatic heterocycles. The number of nitrogens with zero attached hydrogens (tertiary/aromatic N) is 2. The van der Waals surface area contributed by atoms with E-state index in [1.54, 1.807) is 12.1 Å². The molecule has 0 saturated heterocycles. The van der Waals surface area contributed by atoms with Gasteiger partial charge in [-0.05, 0) is 48.5 Å². The second-order valence-corrected chi connectivity index (χ2v) is 8.81. The quantitative estimate of drug-likeness (QED) is 0.439. The number of sulfonamides is 1. The number of nitrogens with one attached hydrogen (secondary N) is 1. The maximum absolute atomic E-state index is 12.5. The average molecular weight is 448 g/mol. The monoisotopic (exact) mass is 447 g/mol. The Balaban J connectivity index is 1.50. The van der Waals surface area contributed by atoms with Crippen molar-refractivity contribution >= 4 is 49.8 Å². The van der Waals surface area contributed by atoms with Gasteiger partial charge in [-0.1, -0.05) is 23.2 Å². The minimum atomic E-state index is -3.82. The van der Waals surface area contributed by atoms with Crippen molar-refractivity contribution in [2.24, 2.45) is 7.05 Å². The van der Waals surface area contributed by atoms with Crippen molar-refractivity contribution in [1.82, 2.24) is 9.55 Å². The molecule has 4 rings (SSSR count). The molecular formula is C20H15Cl2N3O3S. The molecule has 0 fully saturated rings. The van der Waals surface area contributed by atoms with Gasteiger partial charge in [0, 0.05) is 30.2 Å². The first-order chi connectivity index (χ1) is 13.8. The molecule has 0 aliphatic rings. The first-order valence-electron chi connectivity index (χ1n) is 8.49. The fourth-order valence-corrected chi connectivity index (χ4v) is 4.23. The van der Waals surface area contributed by atoms with Crippen LogP contribution in [-0.4, -0.2) is 18.0 Å². The van der Waals surface area contributed by atoms with E-state index in [1.807, 2.05) is 42.1 Å². The molecule has 0 bridgehead atoms. The number of anilines is 1. The molecule has 2 heterocycles. The van der Waals surface area contributed by atoms with Crippen LogP contribution >= 0.6 is 23.2 Å². The summed E-state index contributed by atoms with van der Waals surface area (Å²) in [7, 11) is -1.85. The van der Waals surface area contributed by atoms with Crippen LogP contribution < -0.4 is 9.46 Å². The van der Waals surface area contributed by atoms with E-state index >= 15 is 0 Å². The van der Waals surface area contributed by atoms with Crippen LogP contribution in [0.4, 0.5) is 5.69 Å². The van der Waals surface area contributed by atoms with Gasteiger partial charge < -0.3 is 9.30 Å². The summed E-state index contributed by atoms with van der Waals surface area (Å²) < 4.78 is 35.2. The molecule has 6 nitrogen and oxygen atoms in total. The minimum Gasteiger partial charge on any atom is -0.439 e. The van der Waals surface area contributed by atoms with Crippen LogP contribution in [0.5, 0.6) is 11.6 Å². The Bertz CT molecular complexity index is 1300. The molecule has 1 N–H and O–H groups in total. The number of ether oxygens (including phenoxy) is 1. The highest BCUT2D eigenvalue weighted by Crippen LogP contribution is 2.28. The normalized spacial score (nSPS) is 11.6. The highest BCUT2D eigenvalue weighted by molar-refractivity contribution is 7.92. The molecule has 0 aliphatic carbocycles. The second-order valence-electron chi connectivity index (χ2n) is 6.32. The molecule has 0 unspecified atom stereocenters. The predicted molar refractivity (Wildman–Crippen MR) is 115 cm³/mol. The Morgan fingerprint density at radius 3 is 2.55 bits per heavy atom. The zero-order chi connectivity index (χ0) is 20.6. The number of rotatable bonds is 5. The molecule has 0 saturated carbocycles. The van der Waals surface area contributed by atoms with Crippen LogP contribution in [0.1, 0.15) is 0 Å². The Hall–Kier alpha value is -2.74. The lowest BCUT2D eigenvalue weighted by molar-refractivity contribution is 0.464. The highest BCUT2D eigenvalue weighted by Gasteiger charge is 2.16. The predicted octanol–water partition coefficient (Wildman–Crippen LogP) is 5.47. The Morgan fingerprint density at radius 2 is 1.83 bits per heavy atom. The van der Waals surface area contributed by atoms with Crippen molar-refractivity contribution in [3.8, 4) is 11.6 Å². The van der Waals surface area contributed by atoms with E-state index < -0.39 is 10.0 Å². The van der Waals surface area contributed by atoms with Crippen molar-refractivity contribution in [3.63, 3.8) is 0 Å². The van der Waals surface area contributed by atoms with Crippen LogP contribution in [0.15, 0.2) is 71.9 Å². The van der Waals surface area contributed by atoms with Gasteiger partial charge in [0.05, 0.1) is 26.8 Å². The van der Waals surface area contributed by atoms with Crippen molar-refractivity contribution in [2.75, 3.05) is 4.72 Å². The van der Waals surface area contributed by atoms with E-state index in [0.717, 1.165) is 10.9 Å². The lowest BCUT2D eigenvalue weighted by Crippen LogP contribution is -2.13. The molecule has 0 amide bonds. The van der Waals surface area contributed by atoms with Crippen molar-refractivity contribution in [1.29, 1.82) is 0 Å². The summed E-state index contributed by atoms with van der Waals surface area (Å²) in [5.41, 5.74) is 1.39. The number of hydrogen-bond donors (Lipinski definition) is 1. The van der Waals surface area contributed by atoms with E-state index in [0.29, 0.717) is 17.3 Å². The van der Waals surface area contributed by atoms with Crippen molar-refractivity contribution in [2.45, 2.75) is 4.90 Å². The van der Waals surface area contributed by atoms with Gasteiger partial charge in [-0.15, -0.1) is 0 Å². The van der Waals surface area contributed by atoms with Gasteiger partial charge in [0.25, 0.3) is 10.0 Å². The number of halogens is 2. The van der Waals surface area contributed by atoms with Crippen LogP contribution in [-0.2, 0) is 17.1 Å². The standard InChI is InChI=1S/C20H15Cl2N3O3S/c1-25-9-8-13-10-15(3-6-19(13)25)28-20-7-2-14(12-23-20)24-29(26,27)16-4-5-17(21)18(22)11-16/h2-12,24H,1H3. The summed E-state index contributed by atoms with van der Waals surface area (Å²) in [5, 5.41) is 1.49. The largest absolute Gasteiger partial charge is 0.439 e. The third kappa shape index (κ3) is 4.17. The van der Waals surface area contributed by atoms with Crippen molar-refractivity contribution < 1.29 is 13.2 Å². The Labute approximate surface area is 177 Å². The van der Waals surface area contributed by atoms with Gasteiger partial charge in [0.15, 0.2) is 0 Å². The molecule has 4 aromatic rings. The van der Waals surface area contributed by atoms with Crippen LogP contribution in [0.2, 0.25) is 10.0 Å². The first kappa shape index (κ1) is 19.6. The van der Waals surface area contributed by atoms with Gasteiger partial charge >= 0.3 is 0 Å². The topological polar surface area (TPSA) is 73.2 Å². The summed E-state index contributed by atoms with van der Waals surface area (Å²) in [4.78, 5) is 4.17. The molecule has 148 valence electrons. The maximum atomic E-state index is 12.5. The van der Waals surface area contributed by atoms with Crippen LogP contribution in [0.3, 0.4) is 0 Å². The number of fused-ring (bicyclic) bond motifs is 1. The lowest BCUT2D eigenvalue weighted by atomic mass is 10.2. The summed E-state index contributed by atoms with van der Waals surface area (Å²) >= 11 is 11.7. The molecule has 0 aliphatic heterocycles. The summed E-state index contributed by atoms with van der Waals surface area (Å²) in [6.45, 7) is 0. The SMILES string of the molecule is Cn1ccc2cc(Oc3ccc(NS(=O)(=O)c4ccc(Cl)c(Cl)c4)cn3)ccc21. The van der Waals surface area contributed by atoms with Crippen LogP contribution in [0.25, 0.3) is 10.9 Å². The molecule has 9 heteroatoms. The molecule has 29 heavy (non-hydrogen) atoms. The van der Waals surface area contributed by atoms with E-state index in [-0.39, 0.29) is 14.9 Å². The van der Waals surface area contributed by atoms with Crippen molar-refractivity contribution in [3.05, 3.63) is 77.0 Å². The van der Waals surface area contributed by atoms with Gasteiger partial charge in [-0.25, -0.2) is 13.4 Å². The number of benzene rings is 2. The fourth-order valence-electron chi connectivity index (χ4n) is 2.80. The van der Waals surface area contributed by atoms with Gasteiger partial charge in [-0.3, -0.25) is 4.72 Å². The number of pyridine rings is 1. The van der Waals surface area contributed by atoms with E-state index in [4.69, 9.17) is 27.9 Å². The third-order valence-electron chi connectivity index (χ3n) is 4.27. The summed E-state index contributed by atoms with van der Waals surface area (Å²) in [6, 6.07) is 15.0. The third-order valence-corrected chi connectivity index (χ3v) is 6.39. The fraction of sp³-hybridized carbons (Fsp3) is 0.0500. The smallest absolute Gasteiger partial charge is 0.261 e. The maximum Gasteiger partial charge on any atom is 0.261 e. The highest BCUT2D eigenvalue weighted by atomic mass is 35.5. The summed E-state index contributed by atoms with van der Waals surface area (Å²) in [5.74, 6) is 0.984. The zero-order valence-electron chi connectivity index (χ0n) is 15.1. The molecule has 2 aromatic carbocycles. The van der Waals surface area contributed by atoms with Crippen LogP contribution in [0, 0.1) is 0 Å². The van der Waals surface area contributed by atoms with Gasteiger partial charge in [-0.2, -0.15) is 0 Å². The van der Waals surface area contributed by atoms with E-state index in [9.17, 15) is 8.42 Å². The first-order valence-corrected chi connectivity index (χ1v) is 10.7. The zero-order valence-corrected chi connectivity index (χ0v) is 17.5. The average Bonchev–Trinajstić information content (AvgIpc) is 3.05. The Morgan fingerprint density at radius 1 is 1.00 bits per heavy atom. The Kier molecular flexibility index (Phi) is 5.12. The molecule has 0 radical (unpaired) electrons. The number of hydrogen-bond acceptors (Lipinski definition) is 4.